The minimum absolute atomic E-state index is 0.621. The highest BCUT2D eigenvalue weighted by atomic mass is 79.9. The summed E-state index contributed by atoms with van der Waals surface area (Å²) in [5.74, 6) is 1.57. The molecule has 92 valence electrons. The summed E-state index contributed by atoms with van der Waals surface area (Å²) < 4.78 is 3.29. The van der Waals surface area contributed by atoms with Gasteiger partial charge in [-0.1, -0.05) is 13.8 Å². The molecular formula is C12H16BrN3S. The molecular weight excluding hydrogens is 298 g/mol. The van der Waals surface area contributed by atoms with E-state index in [1.54, 1.807) is 11.3 Å². The van der Waals surface area contributed by atoms with Crippen LogP contribution >= 0.6 is 27.3 Å². The van der Waals surface area contributed by atoms with Gasteiger partial charge in [-0.2, -0.15) is 0 Å². The first-order chi connectivity index (χ1) is 8.15. The molecule has 5 heteroatoms. The van der Waals surface area contributed by atoms with Gasteiger partial charge in [0.25, 0.3) is 0 Å². The van der Waals surface area contributed by atoms with Crippen LogP contribution in [0.15, 0.2) is 28.3 Å². The Morgan fingerprint density at radius 2 is 2.35 bits per heavy atom. The van der Waals surface area contributed by atoms with Gasteiger partial charge >= 0.3 is 0 Å². The molecule has 0 saturated carbocycles. The number of rotatable bonds is 5. The van der Waals surface area contributed by atoms with Crippen LogP contribution in [0.2, 0.25) is 0 Å². The molecule has 0 fully saturated rings. The zero-order chi connectivity index (χ0) is 12.3. The fraction of sp³-hybridized carbons (Fsp3) is 0.417. The van der Waals surface area contributed by atoms with Crippen molar-refractivity contribution >= 4 is 33.2 Å². The van der Waals surface area contributed by atoms with Crippen LogP contribution in [0.4, 0.5) is 5.95 Å². The summed E-state index contributed by atoms with van der Waals surface area (Å²) in [6.45, 7) is 6.20. The highest BCUT2D eigenvalue weighted by Gasteiger charge is 2.05. The summed E-state index contributed by atoms with van der Waals surface area (Å²) >= 11 is 5.23. The van der Waals surface area contributed by atoms with E-state index in [4.69, 9.17) is 0 Å². The second kappa shape index (κ2) is 5.69. The standard InChI is InChI=1S/C12H16BrN3S/c1-9(2)6-15-12-14-3-4-16(12)7-11-5-10(13)8-17-11/h3-5,8-9H,6-7H2,1-2H3,(H,14,15). The van der Waals surface area contributed by atoms with Crippen LogP contribution in [0.25, 0.3) is 0 Å². The number of nitrogens with zero attached hydrogens (tertiary/aromatic N) is 2. The Morgan fingerprint density at radius 1 is 1.53 bits per heavy atom. The second-order valence-corrected chi connectivity index (χ2v) is 6.30. The van der Waals surface area contributed by atoms with E-state index in [0.717, 1.165) is 23.5 Å². The molecule has 0 aliphatic carbocycles. The van der Waals surface area contributed by atoms with Crippen molar-refractivity contribution in [3.05, 3.63) is 33.2 Å². The molecule has 0 amide bonds. The Kier molecular flexibility index (Phi) is 4.23. The Labute approximate surface area is 114 Å². The van der Waals surface area contributed by atoms with E-state index >= 15 is 0 Å². The zero-order valence-electron chi connectivity index (χ0n) is 9.98. The van der Waals surface area contributed by atoms with Gasteiger partial charge < -0.3 is 9.88 Å². The molecule has 0 aliphatic heterocycles. The molecule has 0 saturated heterocycles. The first-order valence-electron chi connectivity index (χ1n) is 5.63. The summed E-state index contributed by atoms with van der Waals surface area (Å²) in [5, 5.41) is 5.47. The average Bonchev–Trinajstić information content (AvgIpc) is 2.86. The SMILES string of the molecule is CC(C)CNc1nccn1Cc1cc(Br)cs1. The van der Waals surface area contributed by atoms with Crippen molar-refractivity contribution in [3.63, 3.8) is 0 Å². The molecule has 1 N–H and O–H groups in total. The van der Waals surface area contributed by atoms with E-state index in [-0.39, 0.29) is 0 Å². The van der Waals surface area contributed by atoms with Crippen molar-refractivity contribution in [1.82, 2.24) is 9.55 Å². The maximum atomic E-state index is 4.34. The van der Waals surface area contributed by atoms with Crippen molar-refractivity contribution in [3.8, 4) is 0 Å². The number of halogens is 1. The summed E-state index contributed by atoms with van der Waals surface area (Å²) in [7, 11) is 0. The van der Waals surface area contributed by atoms with Gasteiger partial charge in [-0.05, 0) is 27.9 Å². The van der Waals surface area contributed by atoms with E-state index in [1.807, 2.05) is 12.4 Å². The summed E-state index contributed by atoms with van der Waals surface area (Å²) in [6, 6.07) is 2.15. The first kappa shape index (κ1) is 12.6. The quantitative estimate of drug-likeness (QED) is 0.909. The van der Waals surface area contributed by atoms with E-state index in [2.05, 4.69) is 56.1 Å². The van der Waals surface area contributed by atoms with Crippen LogP contribution in [0.5, 0.6) is 0 Å². The lowest BCUT2D eigenvalue weighted by atomic mass is 10.2. The van der Waals surface area contributed by atoms with E-state index in [1.165, 1.54) is 4.88 Å². The Bertz CT molecular complexity index is 476. The number of anilines is 1. The van der Waals surface area contributed by atoms with E-state index < -0.39 is 0 Å². The lowest BCUT2D eigenvalue weighted by Gasteiger charge is -2.10. The van der Waals surface area contributed by atoms with E-state index in [9.17, 15) is 0 Å². The summed E-state index contributed by atoms with van der Waals surface area (Å²) in [5.41, 5.74) is 0. The number of nitrogens with one attached hydrogen (secondary N) is 1. The third-order valence-corrected chi connectivity index (χ3v) is 4.01. The highest BCUT2D eigenvalue weighted by Crippen LogP contribution is 2.21. The number of hydrogen-bond acceptors (Lipinski definition) is 3. The third kappa shape index (κ3) is 3.57. The molecule has 3 nitrogen and oxygen atoms in total. The van der Waals surface area contributed by atoms with Gasteiger partial charge in [0.15, 0.2) is 0 Å². The van der Waals surface area contributed by atoms with Crippen LogP contribution in [0.1, 0.15) is 18.7 Å². The third-order valence-electron chi connectivity index (χ3n) is 2.33. The molecule has 2 heterocycles. The van der Waals surface area contributed by atoms with Crippen molar-refractivity contribution in [2.75, 3.05) is 11.9 Å². The maximum Gasteiger partial charge on any atom is 0.203 e. The van der Waals surface area contributed by atoms with Gasteiger partial charge in [-0.25, -0.2) is 4.98 Å². The monoisotopic (exact) mass is 313 g/mol. The minimum atomic E-state index is 0.621. The minimum Gasteiger partial charge on any atom is -0.355 e. The van der Waals surface area contributed by atoms with Gasteiger partial charge in [-0.15, -0.1) is 11.3 Å². The summed E-state index contributed by atoms with van der Waals surface area (Å²) in [4.78, 5) is 5.66. The Morgan fingerprint density at radius 3 is 3.00 bits per heavy atom. The van der Waals surface area contributed by atoms with Crippen LogP contribution in [0.3, 0.4) is 0 Å². The van der Waals surface area contributed by atoms with Gasteiger partial charge in [0.2, 0.25) is 5.95 Å². The fourth-order valence-electron chi connectivity index (χ4n) is 1.50. The number of hydrogen-bond donors (Lipinski definition) is 1. The number of aromatic nitrogens is 2. The lowest BCUT2D eigenvalue weighted by molar-refractivity contribution is 0.677. The smallest absolute Gasteiger partial charge is 0.203 e. The van der Waals surface area contributed by atoms with E-state index in [0.29, 0.717) is 5.92 Å². The molecule has 2 rings (SSSR count). The molecule has 2 aromatic heterocycles. The summed E-state index contributed by atoms with van der Waals surface area (Å²) in [6.07, 6.45) is 3.85. The topological polar surface area (TPSA) is 29.9 Å². The highest BCUT2D eigenvalue weighted by molar-refractivity contribution is 9.10. The molecule has 0 atom stereocenters. The van der Waals surface area contributed by atoms with Gasteiger partial charge in [0, 0.05) is 33.7 Å². The fourth-order valence-corrected chi connectivity index (χ4v) is 2.95. The van der Waals surface area contributed by atoms with Crippen molar-refractivity contribution in [1.29, 1.82) is 0 Å². The maximum absolute atomic E-state index is 4.34. The molecule has 0 radical (unpaired) electrons. The molecule has 0 unspecified atom stereocenters. The van der Waals surface area contributed by atoms with Gasteiger partial charge in [0.1, 0.15) is 0 Å². The first-order valence-corrected chi connectivity index (χ1v) is 7.30. The number of thiophene rings is 1. The Hall–Kier alpha value is -0.810. The predicted molar refractivity (Wildman–Crippen MR) is 76.7 cm³/mol. The molecule has 0 bridgehead atoms. The predicted octanol–water partition coefficient (Wildman–Crippen LogP) is 3.82. The van der Waals surface area contributed by atoms with Crippen LogP contribution in [-0.2, 0) is 6.54 Å². The zero-order valence-corrected chi connectivity index (χ0v) is 12.4. The van der Waals surface area contributed by atoms with Crippen LogP contribution in [0, 0.1) is 5.92 Å². The lowest BCUT2D eigenvalue weighted by Crippen LogP contribution is -2.12. The van der Waals surface area contributed by atoms with Crippen LogP contribution in [-0.4, -0.2) is 16.1 Å². The Balaban J connectivity index is 2.03. The molecule has 17 heavy (non-hydrogen) atoms. The normalized spacial score (nSPS) is 11.1. The molecule has 0 aliphatic rings. The number of imidazole rings is 1. The van der Waals surface area contributed by atoms with Crippen molar-refractivity contribution < 1.29 is 0 Å². The molecule has 2 aromatic rings. The molecule has 0 spiro atoms. The van der Waals surface area contributed by atoms with Crippen molar-refractivity contribution in [2.24, 2.45) is 5.92 Å². The van der Waals surface area contributed by atoms with Crippen LogP contribution < -0.4 is 5.32 Å². The van der Waals surface area contributed by atoms with Crippen molar-refractivity contribution in [2.45, 2.75) is 20.4 Å². The van der Waals surface area contributed by atoms with Gasteiger partial charge in [-0.3, -0.25) is 0 Å². The average molecular weight is 314 g/mol. The second-order valence-electron chi connectivity index (χ2n) is 4.38. The molecule has 0 aromatic carbocycles. The van der Waals surface area contributed by atoms with Gasteiger partial charge in [0.05, 0.1) is 6.54 Å². The largest absolute Gasteiger partial charge is 0.355 e.